The van der Waals surface area contributed by atoms with E-state index in [0.717, 1.165) is 53.3 Å². The number of anilines is 1. The maximum atomic E-state index is 11.8. The highest BCUT2D eigenvalue weighted by Crippen LogP contribution is 2.31. The minimum absolute atomic E-state index is 0.236. The van der Waals surface area contributed by atoms with Crippen LogP contribution in [0.3, 0.4) is 0 Å². The molecular formula is C31H27N7O. The van der Waals surface area contributed by atoms with Gasteiger partial charge in [-0.3, -0.25) is 14.3 Å². The number of carbonyl (C=O) groups is 1. The van der Waals surface area contributed by atoms with Crippen molar-refractivity contribution in [1.29, 1.82) is 0 Å². The first-order valence-corrected chi connectivity index (χ1v) is 12.8. The number of pyridine rings is 2. The first kappa shape index (κ1) is 24.3. The monoisotopic (exact) mass is 513 g/mol. The number of imidazole rings is 1. The molecule has 192 valence electrons. The molecule has 0 spiro atoms. The Hall–Kier alpha value is -5.00. The standard InChI is InChI=1S/C31H27N7O/c1-2-28(39)37-19-17-36(18-20-37)21-22-10-12-24(13-11-22)38-30(25-9-6-16-33-29(25)32)35-27-15-14-26(34-31(27)38)23-7-4-3-5-8-23/h1,3-16H,17-21H2,(H2,32,33). The van der Waals surface area contributed by atoms with Gasteiger partial charge >= 0.3 is 0 Å². The maximum absolute atomic E-state index is 11.8. The number of nitrogens with two attached hydrogens (primary N) is 1. The van der Waals surface area contributed by atoms with Crippen molar-refractivity contribution >= 4 is 22.9 Å². The lowest BCUT2D eigenvalue weighted by Crippen LogP contribution is -2.47. The van der Waals surface area contributed by atoms with Gasteiger partial charge in [-0.05, 0) is 47.9 Å². The number of nitrogens with zero attached hydrogens (tertiary/aromatic N) is 6. The van der Waals surface area contributed by atoms with Crippen molar-refractivity contribution in [3.8, 4) is 40.7 Å². The number of hydrogen-bond acceptors (Lipinski definition) is 6. The number of carbonyl (C=O) groups excluding carboxylic acids is 1. The molecule has 1 aliphatic heterocycles. The van der Waals surface area contributed by atoms with Gasteiger partial charge in [-0.15, -0.1) is 6.42 Å². The number of piperazine rings is 1. The van der Waals surface area contributed by atoms with Crippen molar-refractivity contribution in [3.05, 3.63) is 90.6 Å². The summed E-state index contributed by atoms with van der Waals surface area (Å²) in [6, 6.07) is 26.3. The van der Waals surface area contributed by atoms with E-state index in [1.165, 1.54) is 5.56 Å². The summed E-state index contributed by atoms with van der Waals surface area (Å²) in [5, 5.41) is 0. The fourth-order valence-corrected chi connectivity index (χ4v) is 4.97. The quantitative estimate of drug-likeness (QED) is 0.357. The molecule has 1 amide bonds. The zero-order valence-corrected chi connectivity index (χ0v) is 21.4. The van der Waals surface area contributed by atoms with Gasteiger partial charge in [0, 0.05) is 50.2 Å². The maximum Gasteiger partial charge on any atom is 0.298 e. The largest absolute Gasteiger partial charge is 0.383 e. The Morgan fingerprint density at radius 1 is 0.897 bits per heavy atom. The van der Waals surface area contributed by atoms with Crippen molar-refractivity contribution in [2.24, 2.45) is 0 Å². The van der Waals surface area contributed by atoms with Crippen LogP contribution in [-0.2, 0) is 11.3 Å². The SMILES string of the molecule is C#CC(=O)N1CCN(Cc2ccc(-n3c(-c4cccnc4N)nc4ccc(-c5ccccc5)nc43)cc2)CC1. The van der Waals surface area contributed by atoms with E-state index in [0.29, 0.717) is 24.7 Å². The summed E-state index contributed by atoms with van der Waals surface area (Å²) in [5.74, 6) is 3.08. The molecule has 0 bridgehead atoms. The van der Waals surface area contributed by atoms with Crippen LogP contribution in [0.1, 0.15) is 5.56 Å². The normalized spacial score (nSPS) is 13.9. The second kappa shape index (κ2) is 10.4. The molecule has 0 radical (unpaired) electrons. The van der Waals surface area contributed by atoms with Crippen molar-refractivity contribution in [1.82, 2.24) is 29.3 Å². The molecule has 0 aliphatic carbocycles. The Labute approximate surface area is 226 Å². The molecule has 8 heteroatoms. The van der Waals surface area contributed by atoms with Crippen LogP contribution in [0.15, 0.2) is 85.1 Å². The average Bonchev–Trinajstić information content (AvgIpc) is 3.37. The Morgan fingerprint density at radius 2 is 1.67 bits per heavy atom. The lowest BCUT2D eigenvalue weighted by Gasteiger charge is -2.33. The number of nitrogen functional groups attached to an aromatic ring is 1. The highest BCUT2D eigenvalue weighted by molar-refractivity contribution is 5.93. The fourth-order valence-electron chi connectivity index (χ4n) is 4.97. The predicted molar refractivity (Wildman–Crippen MR) is 153 cm³/mol. The van der Waals surface area contributed by atoms with Crippen LogP contribution in [0.25, 0.3) is 39.5 Å². The molecule has 1 fully saturated rings. The summed E-state index contributed by atoms with van der Waals surface area (Å²) >= 11 is 0. The molecule has 4 heterocycles. The predicted octanol–water partition coefficient (Wildman–Crippen LogP) is 4.01. The van der Waals surface area contributed by atoms with E-state index >= 15 is 0 Å². The summed E-state index contributed by atoms with van der Waals surface area (Å²) in [7, 11) is 0. The number of hydrogen-bond donors (Lipinski definition) is 1. The number of benzene rings is 2. The van der Waals surface area contributed by atoms with Gasteiger partial charge in [-0.25, -0.2) is 15.0 Å². The van der Waals surface area contributed by atoms with E-state index in [-0.39, 0.29) is 5.91 Å². The molecule has 6 rings (SSSR count). The summed E-state index contributed by atoms with van der Waals surface area (Å²) < 4.78 is 2.04. The highest BCUT2D eigenvalue weighted by Gasteiger charge is 2.21. The number of amides is 1. The van der Waals surface area contributed by atoms with Gasteiger partial charge in [0.25, 0.3) is 5.91 Å². The zero-order chi connectivity index (χ0) is 26.8. The molecule has 1 saturated heterocycles. The first-order chi connectivity index (χ1) is 19.1. The second-order valence-corrected chi connectivity index (χ2v) is 9.49. The van der Waals surface area contributed by atoms with Crippen LogP contribution >= 0.6 is 0 Å². The summed E-state index contributed by atoms with van der Waals surface area (Å²) in [6.45, 7) is 3.67. The number of rotatable bonds is 5. The van der Waals surface area contributed by atoms with E-state index in [1.807, 2.05) is 59.2 Å². The summed E-state index contributed by atoms with van der Waals surface area (Å²) in [6.07, 6.45) is 6.94. The third kappa shape index (κ3) is 4.83. The van der Waals surface area contributed by atoms with Crippen molar-refractivity contribution < 1.29 is 4.79 Å². The van der Waals surface area contributed by atoms with E-state index in [4.69, 9.17) is 22.1 Å². The van der Waals surface area contributed by atoms with E-state index in [2.05, 4.69) is 40.1 Å². The van der Waals surface area contributed by atoms with Gasteiger partial charge in [-0.1, -0.05) is 42.5 Å². The fraction of sp³-hybridized carbons (Fsp3) is 0.161. The molecule has 1 aliphatic rings. The molecule has 0 atom stereocenters. The number of terminal acetylenes is 1. The zero-order valence-electron chi connectivity index (χ0n) is 21.4. The van der Waals surface area contributed by atoms with Crippen LogP contribution in [-0.4, -0.2) is 61.4 Å². The van der Waals surface area contributed by atoms with Gasteiger partial charge < -0.3 is 10.6 Å². The highest BCUT2D eigenvalue weighted by atomic mass is 16.2. The van der Waals surface area contributed by atoms with Crippen molar-refractivity contribution in [3.63, 3.8) is 0 Å². The van der Waals surface area contributed by atoms with Crippen LogP contribution < -0.4 is 5.73 Å². The topological polar surface area (TPSA) is 93.2 Å². The molecule has 2 aromatic carbocycles. The second-order valence-electron chi connectivity index (χ2n) is 9.49. The smallest absolute Gasteiger partial charge is 0.298 e. The lowest BCUT2D eigenvalue weighted by molar-refractivity contribution is -0.126. The molecule has 0 saturated carbocycles. The average molecular weight is 514 g/mol. The van der Waals surface area contributed by atoms with Gasteiger partial charge in [0.05, 0.1) is 11.3 Å². The Kier molecular flexibility index (Phi) is 6.49. The van der Waals surface area contributed by atoms with Gasteiger partial charge in [0.1, 0.15) is 11.3 Å². The van der Waals surface area contributed by atoms with Gasteiger partial charge in [0.15, 0.2) is 11.5 Å². The first-order valence-electron chi connectivity index (χ1n) is 12.8. The summed E-state index contributed by atoms with van der Waals surface area (Å²) in [5.41, 5.74) is 12.6. The minimum Gasteiger partial charge on any atom is -0.383 e. The Balaban J connectivity index is 1.35. The third-order valence-corrected chi connectivity index (χ3v) is 7.04. The van der Waals surface area contributed by atoms with E-state index < -0.39 is 0 Å². The summed E-state index contributed by atoms with van der Waals surface area (Å²) in [4.78, 5) is 30.1. The number of aromatic nitrogens is 4. The molecule has 2 N–H and O–H groups in total. The van der Waals surface area contributed by atoms with Crippen molar-refractivity contribution in [2.45, 2.75) is 6.54 Å². The molecule has 39 heavy (non-hydrogen) atoms. The van der Waals surface area contributed by atoms with E-state index in [1.54, 1.807) is 11.1 Å². The molecule has 8 nitrogen and oxygen atoms in total. The molecular weight excluding hydrogens is 486 g/mol. The van der Waals surface area contributed by atoms with Gasteiger partial charge in [0.2, 0.25) is 0 Å². The van der Waals surface area contributed by atoms with Crippen LogP contribution in [0.5, 0.6) is 0 Å². The van der Waals surface area contributed by atoms with Crippen LogP contribution in [0.2, 0.25) is 0 Å². The number of fused-ring (bicyclic) bond motifs is 1. The van der Waals surface area contributed by atoms with Crippen LogP contribution in [0, 0.1) is 12.3 Å². The van der Waals surface area contributed by atoms with E-state index in [9.17, 15) is 4.79 Å². The molecule has 3 aromatic heterocycles. The Bertz CT molecular complexity index is 1680. The van der Waals surface area contributed by atoms with Crippen molar-refractivity contribution in [2.75, 3.05) is 31.9 Å². The Morgan fingerprint density at radius 3 is 2.38 bits per heavy atom. The molecule has 5 aromatic rings. The lowest BCUT2D eigenvalue weighted by atomic mass is 10.1. The minimum atomic E-state index is -0.236. The van der Waals surface area contributed by atoms with Crippen LogP contribution in [0.4, 0.5) is 5.82 Å². The molecule has 0 unspecified atom stereocenters. The van der Waals surface area contributed by atoms with Gasteiger partial charge in [-0.2, -0.15) is 0 Å². The third-order valence-electron chi connectivity index (χ3n) is 7.04.